The van der Waals surface area contributed by atoms with Gasteiger partial charge in [-0.15, -0.1) is 22.7 Å². The fraction of sp³-hybridized carbons (Fsp3) is 0.267. The van der Waals surface area contributed by atoms with E-state index in [-0.39, 0.29) is 5.91 Å². The van der Waals surface area contributed by atoms with Crippen molar-refractivity contribution in [3.8, 4) is 10.7 Å². The van der Waals surface area contributed by atoms with Crippen LogP contribution in [0.15, 0.2) is 35.0 Å². The Morgan fingerprint density at radius 2 is 1.83 bits per heavy atom. The molecular formula is C15H14N4OS3. The second-order valence-corrected chi connectivity index (χ2v) is 7.76. The van der Waals surface area contributed by atoms with Crippen molar-refractivity contribution in [2.75, 3.05) is 31.1 Å². The van der Waals surface area contributed by atoms with Crippen LogP contribution in [-0.2, 0) is 0 Å². The molecule has 0 aromatic carbocycles. The molecule has 5 nitrogen and oxygen atoms in total. The minimum Gasteiger partial charge on any atom is -0.343 e. The SMILES string of the molecule is O=C(c1cccs1)N1CCN(c2nc(-c3cccs3)ns2)CC1. The molecule has 0 spiro atoms. The molecule has 0 atom stereocenters. The summed E-state index contributed by atoms with van der Waals surface area (Å²) in [6.45, 7) is 3.06. The third-order valence-corrected chi connectivity index (χ3v) is 6.23. The first-order valence-corrected chi connectivity index (χ1v) is 9.80. The number of hydrogen-bond acceptors (Lipinski definition) is 7. The van der Waals surface area contributed by atoms with Gasteiger partial charge in [0.15, 0.2) is 5.82 Å². The highest BCUT2D eigenvalue weighted by atomic mass is 32.1. The molecule has 1 fully saturated rings. The van der Waals surface area contributed by atoms with E-state index in [2.05, 4.69) is 14.3 Å². The smallest absolute Gasteiger partial charge is 0.264 e. The van der Waals surface area contributed by atoms with Gasteiger partial charge >= 0.3 is 0 Å². The Labute approximate surface area is 146 Å². The van der Waals surface area contributed by atoms with Crippen molar-refractivity contribution >= 4 is 45.2 Å². The fourth-order valence-corrected chi connectivity index (χ4v) is 4.65. The van der Waals surface area contributed by atoms with Crippen LogP contribution in [0.3, 0.4) is 0 Å². The maximum atomic E-state index is 12.4. The zero-order valence-corrected chi connectivity index (χ0v) is 14.7. The Kier molecular flexibility index (Phi) is 4.11. The number of carbonyl (C=O) groups is 1. The van der Waals surface area contributed by atoms with Gasteiger partial charge in [0.25, 0.3) is 5.91 Å². The summed E-state index contributed by atoms with van der Waals surface area (Å²) in [5.41, 5.74) is 0. The first-order chi connectivity index (χ1) is 11.3. The van der Waals surface area contributed by atoms with Crippen molar-refractivity contribution < 1.29 is 4.79 Å². The largest absolute Gasteiger partial charge is 0.343 e. The Bertz CT molecular complexity index is 774. The highest BCUT2D eigenvalue weighted by Gasteiger charge is 2.24. The number of rotatable bonds is 3. The second kappa shape index (κ2) is 6.38. The molecule has 0 aliphatic carbocycles. The van der Waals surface area contributed by atoms with Gasteiger partial charge < -0.3 is 9.80 Å². The molecule has 1 saturated heterocycles. The summed E-state index contributed by atoms with van der Waals surface area (Å²) < 4.78 is 4.45. The first-order valence-electron chi connectivity index (χ1n) is 7.26. The van der Waals surface area contributed by atoms with E-state index < -0.39 is 0 Å². The topological polar surface area (TPSA) is 49.3 Å². The number of nitrogens with zero attached hydrogens (tertiary/aromatic N) is 4. The van der Waals surface area contributed by atoms with Gasteiger partial charge in [-0.1, -0.05) is 12.1 Å². The van der Waals surface area contributed by atoms with E-state index in [1.807, 2.05) is 39.9 Å². The minimum absolute atomic E-state index is 0.135. The van der Waals surface area contributed by atoms with Crippen molar-refractivity contribution in [1.29, 1.82) is 0 Å². The van der Waals surface area contributed by atoms with Gasteiger partial charge in [-0.05, 0) is 22.9 Å². The third kappa shape index (κ3) is 3.01. The van der Waals surface area contributed by atoms with Crippen LogP contribution in [0, 0.1) is 0 Å². The summed E-state index contributed by atoms with van der Waals surface area (Å²) in [6, 6.07) is 7.85. The molecule has 0 saturated carbocycles. The predicted molar refractivity (Wildman–Crippen MR) is 95.7 cm³/mol. The molecule has 23 heavy (non-hydrogen) atoms. The Morgan fingerprint density at radius 1 is 1.04 bits per heavy atom. The molecule has 0 radical (unpaired) electrons. The number of thiophene rings is 2. The maximum Gasteiger partial charge on any atom is 0.264 e. The molecular weight excluding hydrogens is 348 g/mol. The monoisotopic (exact) mass is 362 g/mol. The summed E-state index contributed by atoms with van der Waals surface area (Å²) in [7, 11) is 0. The molecule has 1 aliphatic rings. The Balaban J connectivity index is 1.41. The molecule has 0 N–H and O–H groups in total. The average molecular weight is 363 g/mol. The number of anilines is 1. The lowest BCUT2D eigenvalue weighted by Gasteiger charge is -2.34. The van der Waals surface area contributed by atoms with E-state index in [0.29, 0.717) is 0 Å². The molecule has 118 valence electrons. The van der Waals surface area contributed by atoms with Gasteiger partial charge in [0, 0.05) is 37.7 Å². The molecule has 0 unspecified atom stereocenters. The molecule has 0 bridgehead atoms. The van der Waals surface area contributed by atoms with E-state index in [4.69, 9.17) is 0 Å². The van der Waals surface area contributed by atoms with Crippen LogP contribution >= 0.6 is 34.2 Å². The number of amides is 1. The van der Waals surface area contributed by atoms with Crippen LogP contribution in [0.4, 0.5) is 5.13 Å². The summed E-state index contributed by atoms with van der Waals surface area (Å²) in [6.07, 6.45) is 0. The fourth-order valence-electron chi connectivity index (χ4n) is 2.51. The summed E-state index contributed by atoms with van der Waals surface area (Å²) in [5.74, 6) is 0.938. The molecule has 8 heteroatoms. The zero-order chi connectivity index (χ0) is 15.6. The van der Waals surface area contributed by atoms with Gasteiger partial charge in [-0.3, -0.25) is 4.79 Å². The zero-order valence-electron chi connectivity index (χ0n) is 12.2. The van der Waals surface area contributed by atoms with E-state index in [0.717, 1.165) is 46.9 Å². The van der Waals surface area contributed by atoms with E-state index in [1.165, 1.54) is 22.9 Å². The van der Waals surface area contributed by atoms with Gasteiger partial charge in [-0.25, -0.2) is 0 Å². The number of aromatic nitrogens is 2. The van der Waals surface area contributed by atoms with Crippen LogP contribution in [0.5, 0.6) is 0 Å². The van der Waals surface area contributed by atoms with Crippen molar-refractivity contribution in [2.24, 2.45) is 0 Å². The van der Waals surface area contributed by atoms with Gasteiger partial charge in [-0.2, -0.15) is 9.36 Å². The van der Waals surface area contributed by atoms with E-state index >= 15 is 0 Å². The Hall–Kier alpha value is -1.77. The second-order valence-electron chi connectivity index (χ2n) is 5.13. The Morgan fingerprint density at radius 3 is 2.52 bits per heavy atom. The lowest BCUT2D eigenvalue weighted by molar-refractivity contribution is 0.0751. The van der Waals surface area contributed by atoms with Crippen LogP contribution in [0.25, 0.3) is 10.7 Å². The molecule has 1 amide bonds. The van der Waals surface area contributed by atoms with Crippen LogP contribution in [-0.4, -0.2) is 46.3 Å². The van der Waals surface area contributed by atoms with Crippen LogP contribution in [0.2, 0.25) is 0 Å². The normalized spacial score (nSPS) is 15.1. The number of hydrogen-bond donors (Lipinski definition) is 0. The van der Waals surface area contributed by atoms with Gasteiger partial charge in [0.1, 0.15) is 0 Å². The standard InChI is InChI=1S/C15H14N4OS3/c20-14(12-4-2-10-22-12)18-5-7-19(8-6-18)15-16-13(17-23-15)11-3-1-9-21-11/h1-4,9-10H,5-8H2. The van der Waals surface area contributed by atoms with E-state index in [9.17, 15) is 4.79 Å². The highest BCUT2D eigenvalue weighted by molar-refractivity contribution is 7.14. The predicted octanol–water partition coefficient (Wildman–Crippen LogP) is 3.29. The molecule has 4 heterocycles. The summed E-state index contributed by atoms with van der Waals surface area (Å²) in [4.78, 5) is 23.0. The number of piperazine rings is 1. The molecule has 3 aromatic heterocycles. The number of carbonyl (C=O) groups excluding carboxylic acids is 1. The minimum atomic E-state index is 0.135. The first kappa shape index (κ1) is 14.8. The van der Waals surface area contributed by atoms with Crippen LogP contribution in [0.1, 0.15) is 9.67 Å². The molecule has 4 rings (SSSR count). The average Bonchev–Trinajstić information content (AvgIpc) is 3.36. The molecule has 3 aromatic rings. The molecule has 1 aliphatic heterocycles. The highest BCUT2D eigenvalue weighted by Crippen LogP contribution is 2.27. The summed E-state index contributed by atoms with van der Waals surface area (Å²) >= 11 is 4.58. The quantitative estimate of drug-likeness (QED) is 0.717. The van der Waals surface area contributed by atoms with E-state index in [1.54, 1.807) is 11.3 Å². The lowest BCUT2D eigenvalue weighted by Crippen LogP contribution is -2.48. The summed E-state index contributed by atoms with van der Waals surface area (Å²) in [5, 5.41) is 4.92. The van der Waals surface area contributed by atoms with Crippen molar-refractivity contribution in [3.05, 3.63) is 39.9 Å². The van der Waals surface area contributed by atoms with Crippen LogP contribution < -0.4 is 4.90 Å². The van der Waals surface area contributed by atoms with Gasteiger partial charge in [0.05, 0.1) is 9.75 Å². The van der Waals surface area contributed by atoms with Crippen molar-refractivity contribution in [2.45, 2.75) is 0 Å². The maximum absolute atomic E-state index is 12.4. The van der Waals surface area contributed by atoms with Gasteiger partial charge in [0.2, 0.25) is 5.13 Å². The van der Waals surface area contributed by atoms with Crippen molar-refractivity contribution in [3.63, 3.8) is 0 Å². The lowest BCUT2D eigenvalue weighted by atomic mass is 10.3. The third-order valence-electron chi connectivity index (χ3n) is 3.73. The van der Waals surface area contributed by atoms with Crippen molar-refractivity contribution in [1.82, 2.24) is 14.3 Å².